The normalized spacial score (nSPS) is 20.1. The molecule has 1 aliphatic rings. The molecular formula is C7H8F3NO. The Hall–Kier alpha value is -1.00. The second kappa shape index (κ2) is 2.80. The highest BCUT2D eigenvalue weighted by molar-refractivity contribution is 5.97. The Morgan fingerprint density at radius 1 is 1.25 bits per heavy atom. The third-order valence-electron chi connectivity index (χ3n) is 1.73. The van der Waals surface area contributed by atoms with Crippen molar-refractivity contribution in [3.05, 3.63) is 11.3 Å². The van der Waals surface area contributed by atoms with Gasteiger partial charge in [0.1, 0.15) is 5.57 Å². The number of allylic oxidation sites excluding steroid dienone is 2. The molecule has 0 aromatic carbocycles. The smallest absolute Gasteiger partial charge is 0.401 e. The van der Waals surface area contributed by atoms with E-state index >= 15 is 0 Å². The van der Waals surface area contributed by atoms with Gasteiger partial charge in [0.15, 0.2) is 5.78 Å². The number of hydrogen-bond donors (Lipinski definition) is 1. The standard InChI is InChI=1S/C7H8F3NO/c8-7(9,10)6-4(11)2-1-3-5(6)12/h1-3,11H2. The van der Waals surface area contributed by atoms with Crippen molar-refractivity contribution >= 4 is 5.78 Å². The highest BCUT2D eigenvalue weighted by atomic mass is 19.4. The lowest BCUT2D eigenvalue weighted by molar-refractivity contribution is -0.130. The lowest BCUT2D eigenvalue weighted by Crippen LogP contribution is -2.27. The molecule has 0 bridgehead atoms. The zero-order chi connectivity index (χ0) is 9.35. The molecule has 0 aliphatic heterocycles. The van der Waals surface area contributed by atoms with Crippen molar-refractivity contribution in [1.29, 1.82) is 0 Å². The molecule has 0 aromatic rings. The Labute approximate surface area is 67.2 Å². The van der Waals surface area contributed by atoms with Gasteiger partial charge in [-0.25, -0.2) is 0 Å². The van der Waals surface area contributed by atoms with Gasteiger partial charge < -0.3 is 5.73 Å². The Morgan fingerprint density at radius 2 is 1.83 bits per heavy atom. The molecule has 0 atom stereocenters. The number of rotatable bonds is 0. The third-order valence-corrected chi connectivity index (χ3v) is 1.73. The van der Waals surface area contributed by atoms with Gasteiger partial charge in [0.2, 0.25) is 0 Å². The summed E-state index contributed by atoms with van der Waals surface area (Å²) in [5, 5.41) is 0. The number of hydrogen-bond acceptors (Lipinski definition) is 2. The molecule has 2 N–H and O–H groups in total. The van der Waals surface area contributed by atoms with Gasteiger partial charge in [0, 0.05) is 12.1 Å². The Balaban J connectivity index is 3.05. The van der Waals surface area contributed by atoms with E-state index in [1.54, 1.807) is 0 Å². The summed E-state index contributed by atoms with van der Waals surface area (Å²) in [7, 11) is 0. The second-order valence-corrected chi connectivity index (χ2v) is 2.67. The first-order chi connectivity index (χ1) is 5.43. The zero-order valence-corrected chi connectivity index (χ0v) is 6.24. The molecule has 0 radical (unpaired) electrons. The van der Waals surface area contributed by atoms with Crippen molar-refractivity contribution in [3.8, 4) is 0 Å². The van der Waals surface area contributed by atoms with Crippen molar-refractivity contribution in [1.82, 2.24) is 0 Å². The Kier molecular flexibility index (Phi) is 2.12. The van der Waals surface area contributed by atoms with Gasteiger partial charge >= 0.3 is 6.18 Å². The number of halogens is 3. The van der Waals surface area contributed by atoms with Crippen LogP contribution in [0.15, 0.2) is 11.3 Å². The molecule has 68 valence electrons. The fraction of sp³-hybridized carbons (Fsp3) is 0.571. The summed E-state index contributed by atoms with van der Waals surface area (Å²) < 4.78 is 36.3. The zero-order valence-electron chi connectivity index (χ0n) is 6.24. The number of carbonyl (C=O) groups excluding carboxylic acids is 1. The molecule has 12 heavy (non-hydrogen) atoms. The topological polar surface area (TPSA) is 43.1 Å². The number of Topliss-reactive ketones (excluding diaryl/α,β-unsaturated/α-hetero) is 1. The van der Waals surface area contributed by atoms with Gasteiger partial charge in [-0.05, 0) is 12.8 Å². The third kappa shape index (κ3) is 1.60. The summed E-state index contributed by atoms with van der Waals surface area (Å²) in [5.41, 5.74) is 3.63. The van der Waals surface area contributed by atoms with Crippen LogP contribution >= 0.6 is 0 Å². The van der Waals surface area contributed by atoms with E-state index < -0.39 is 17.5 Å². The molecule has 5 heteroatoms. The molecule has 0 heterocycles. The van der Waals surface area contributed by atoms with Gasteiger partial charge in [-0.3, -0.25) is 4.79 Å². The predicted molar refractivity (Wildman–Crippen MR) is 36.1 cm³/mol. The van der Waals surface area contributed by atoms with Crippen molar-refractivity contribution in [3.63, 3.8) is 0 Å². The van der Waals surface area contributed by atoms with Gasteiger partial charge in [-0.1, -0.05) is 0 Å². The van der Waals surface area contributed by atoms with Crippen molar-refractivity contribution in [2.45, 2.75) is 25.4 Å². The Bertz CT molecular complexity index is 242. The highest BCUT2D eigenvalue weighted by Crippen LogP contribution is 2.32. The summed E-state index contributed by atoms with van der Waals surface area (Å²) in [4.78, 5) is 10.8. The van der Waals surface area contributed by atoms with Crippen LogP contribution in [0.3, 0.4) is 0 Å². The first kappa shape index (κ1) is 9.09. The first-order valence-electron chi connectivity index (χ1n) is 3.52. The maximum atomic E-state index is 12.1. The van der Waals surface area contributed by atoms with E-state index in [1.807, 2.05) is 0 Å². The van der Waals surface area contributed by atoms with Crippen molar-refractivity contribution in [2.75, 3.05) is 0 Å². The minimum atomic E-state index is -4.58. The van der Waals surface area contributed by atoms with Gasteiger partial charge in [-0.2, -0.15) is 13.2 Å². The average Bonchev–Trinajstić information content (AvgIpc) is 1.82. The average molecular weight is 179 g/mol. The van der Waals surface area contributed by atoms with E-state index in [9.17, 15) is 18.0 Å². The summed E-state index contributed by atoms with van der Waals surface area (Å²) in [6.45, 7) is 0. The van der Waals surface area contributed by atoms with E-state index in [4.69, 9.17) is 5.73 Å². The van der Waals surface area contributed by atoms with Crippen molar-refractivity contribution < 1.29 is 18.0 Å². The number of ketones is 1. The van der Waals surface area contributed by atoms with Crippen LogP contribution in [0.5, 0.6) is 0 Å². The van der Waals surface area contributed by atoms with E-state index in [1.165, 1.54) is 0 Å². The molecule has 0 unspecified atom stereocenters. The second-order valence-electron chi connectivity index (χ2n) is 2.67. The largest absolute Gasteiger partial charge is 0.421 e. The predicted octanol–water partition coefficient (Wildman–Crippen LogP) is 1.51. The Morgan fingerprint density at radius 3 is 2.17 bits per heavy atom. The van der Waals surface area contributed by atoms with Gasteiger partial charge in [0.05, 0.1) is 0 Å². The summed E-state index contributed by atoms with van der Waals surface area (Å²) >= 11 is 0. The van der Waals surface area contributed by atoms with E-state index in [0.29, 0.717) is 6.42 Å². The molecule has 1 rings (SSSR count). The van der Waals surface area contributed by atoms with Crippen molar-refractivity contribution in [2.24, 2.45) is 5.73 Å². The maximum absolute atomic E-state index is 12.1. The molecule has 1 aliphatic carbocycles. The van der Waals surface area contributed by atoms with Crippen LogP contribution in [0, 0.1) is 0 Å². The lowest BCUT2D eigenvalue weighted by atomic mass is 9.95. The maximum Gasteiger partial charge on any atom is 0.421 e. The fourth-order valence-electron chi connectivity index (χ4n) is 1.21. The molecule has 0 spiro atoms. The van der Waals surface area contributed by atoms with Crippen LogP contribution in [0.25, 0.3) is 0 Å². The number of carbonyl (C=O) groups is 1. The number of alkyl halides is 3. The number of nitrogens with two attached hydrogens (primary N) is 1. The van der Waals surface area contributed by atoms with E-state index in [-0.39, 0.29) is 18.5 Å². The van der Waals surface area contributed by atoms with Gasteiger partial charge in [-0.15, -0.1) is 0 Å². The van der Waals surface area contributed by atoms with Crippen LogP contribution in [0.2, 0.25) is 0 Å². The first-order valence-corrected chi connectivity index (χ1v) is 3.52. The molecular weight excluding hydrogens is 171 g/mol. The quantitative estimate of drug-likeness (QED) is 0.612. The van der Waals surface area contributed by atoms with Crippen LogP contribution in [0.1, 0.15) is 19.3 Å². The summed E-state index contributed by atoms with van der Waals surface area (Å²) in [5.74, 6) is -0.883. The monoisotopic (exact) mass is 179 g/mol. The van der Waals surface area contributed by atoms with Gasteiger partial charge in [0.25, 0.3) is 0 Å². The highest BCUT2D eigenvalue weighted by Gasteiger charge is 2.41. The molecule has 0 amide bonds. The van der Waals surface area contributed by atoms with Crippen LogP contribution in [-0.4, -0.2) is 12.0 Å². The minimum absolute atomic E-state index is 0.0461. The van der Waals surface area contributed by atoms with Crippen LogP contribution in [0.4, 0.5) is 13.2 Å². The molecule has 0 aromatic heterocycles. The molecule has 2 nitrogen and oxygen atoms in total. The van der Waals surface area contributed by atoms with E-state index in [0.717, 1.165) is 0 Å². The lowest BCUT2D eigenvalue weighted by Gasteiger charge is -2.17. The molecule has 0 saturated heterocycles. The summed E-state index contributed by atoms with van der Waals surface area (Å²) in [6.07, 6.45) is -4.04. The SMILES string of the molecule is NC1=C(C(F)(F)F)C(=O)CCC1. The minimum Gasteiger partial charge on any atom is -0.401 e. The summed E-state index contributed by atoms with van der Waals surface area (Å²) in [6, 6.07) is 0. The van der Waals surface area contributed by atoms with Crippen LogP contribution in [-0.2, 0) is 4.79 Å². The fourth-order valence-corrected chi connectivity index (χ4v) is 1.21. The van der Waals surface area contributed by atoms with E-state index in [2.05, 4.69) is 0 Å². The molecule has 0 saturated carbocycles. The van der Waals surface area contributed by atoms with Crippen LogP contribution < -0.4 is 5.73 Å². The molecule has 0 fully saturated rings.